The minimum absolute atomic E-state index is 0.126. The second kappa shape index (κ2) is 25.6. The third-order valence-corrected chi connectivity index (χ3v) is 13.3. The summed E-state index contributed by atoms with van der Waals surface area (Å²) in [6.07, 6.45) is -8.88. The molecule has 10 aromatic rings. The highest BCUT2D eigenvalue weighted by atomic mass is 19.4. The summed E-state index contributed by atoms with van der Waals surface area (Å²) in [6, 6.07) is 55.0. The third-order valence-electron chi connectivity index (χ3n) is 13.3. The predicted octanol–water partition coefficient (Wildman–Crippen LogP) is 15.9. The molecule has 0 aliphatic carbocycles. The van der Waals surface area contributed by atoms with Gasteiger partial charge in [0.1, 0.15) is 11.6 Å². The van der Waals surface area contributed by atoms with Gasteiger partial charge in [-0.05, 0) is 158 Å². The van der Waals surface area contributed by atoms with Crippen LogP contribution in [-0.2, 0) is 12.4 Å². The summed E-state index contributed by atoms with van der Waals surface area (Å²) in [5.74, 6) is -1.63. The van der Waals surface area contributed by atoms with Gasteiger partial charge in [-0.25, -0.2) is 14.8 Å². The Hall–Kier alpha value is -10.0. The average molecular weight is 1130 g/mol. The van der Waals surface area contributed by atoms with Gasteiger partial charge < -0.3 is 26.8 Å². The highest BCUT2D eigenvalue weighted by Crippen LogP contribution is 2.34. The molecule has 0 aliphatic rings. The Kier molecular flexibility index (Phi) is 18.3. The Balaban J connectivity index is 0.000000189. The first-order valence-electron chi connectivity index (χ1n) is 25.9. The Bertz CT molecular complexity index is 3960. The molecule has 0 saturated heterocycles. The number of carbonyl (C=O) groups is 4. The zero-order valence-corrected chi connectivity index (χ0v) is 45.1. The number of nitrogens with zero attached hydrogens (tertiary/aromatic N) is 2. The molecular formula is C66H54F6N6O5. The zero-order chi connectivity index (χ0) is 59.6. The number of nitrogens with two attached hydrogens (primary N) is 1. The largest absolute Gasteiger partial charge is 0.478 e. The van der Waals surface area contributed by atoms with Crippen molar-refractivity contribution >= 4 is 57.1 Å². The van der Waals surface area contributed by atoms with Crippen LogP contribution in [0.4, 0.5) is 38.0 Å². The van der Waals surface area contributed by atoms with E-state index in [1.165, 1.54) is 47.5 Å². The standard InChI is InChI=1S/C33H26F3N3O2.C24H15F3N2O3.C9H13N/c1-20-7-9-22(10-8-20)21(2)37-31(40)25-13-17-29-24(19-25)14-18-30(38-29)39-32(41)28-6-4-3-5-27(28)23-11-15-26(16-12-23)33(34,35)36;25-24(26,27)17-9-5-14(6-10-17)18-3-1-2-4-19(18)22(30)29-21-12-8-15-13-16(23(31)32)7-11-20(15)28-21;1-7-3-5-9(6-4-7)8(2)10/h3-19,21H,1-2H3,(H,37,40)(H,38,39,41);1-13H,(H,31,32)(H,28,29,30);3-6,8H,10H2,1-2H3/t21-;;8-/m1.1/s1. The van der Waals surface area contributed by atoms with Gasteiger partial charge in [-0.3, -0.25) is 14.4 Å². The molecule has 0 spiro atoms. The molecule has 83 heavy (non-hydrogen) atoms. The van der Waals surface area contributed by atoms with Gasteiger partial charge in [-0.15, -0.1) is 0 Å². The normalized spacial score (nSPS) is 11.9. The molecule has 420 valence electrons. The third kappa shape index (κ3) is 15.3. The highest BCUT2D eigenvalue weighted by Gasteiger charge is 2.31. The van der Waals surface area contributed by atoms with Crippen LogP contribution in [0.1, 0.15) is 101 Å². The van der Waals surface area contributed by atoms with Gasteiger partial charge in [-0.1, -0.05) is 120 Å². The smallest absolute Gasteiger partial charge is 0.416 e. The molecule has 0 unspecified atom stereocenters. The molecule has 0 fully saturated rings. The van der Waals surface area contributed by atoms with E-state index in [1.54, 1.807) is 97.1 Å². The topological polar surface area (TPSA) is 176 Å². The van der Waals surface area contributed by atoms with Crippen molar-refractivity contribution in [2.24, 2.45) is 5.73 Å². The molecule has 0 radical (unpaired) electrons. The van der Waals surface area contributed by atoms with Crippen molar-refractivity contribution in [3.63, 3.8) is 0 Å². The van der Waals surface area contributed by atoms with Crippen molar-refractivity contribution in [1.82, 2.24) is 15.3 Å². The number of alkyl halides is 6. The Morgan fingerprint density at radius 2 is 0.867 bits per heavy atom. The number of rotatable bonds is 11. The quantitative estimate of drug-likeness (QED) is 0.0795. The van der Waals surface area contributed by atoms with Gasteiger partial charge in [0.25, 0.3) is 17.7 Å². The van der Waals surface area contributed by atoms with Gasteiger partial charge in [0.2, 0.25) is 0 Å². The maximum Gasteiger partial charge on any atom is 0.416 e. The number of aromatic nitrogens is 2. The molecule has 8 aromatic carbocycles. The van der Waals surface area contributed by atoms with E-state index < -0.39 is 41.3 Å². The van der Waals surface area contributed by atoms with Crippen molar-refractivity contribution < 1.29 is 50.6 Å². The minimum Gasteiger partial charge on any atom is -0.478 e. The lowest BCUT2D eigenvalue weighted by molar-refractivity contribution is -0.138. The van der Waals surface area contributed by atoms with E-state index in [2.05, 4.69) is 57.1 Å². The van der Waals surface area contributed by atoms with Gasteiger partial charge in [0, 0.05) is 33.5 Å². The molecule has 0 aliphatic heterocycles. The van der Waals surface area contributed by atoms with E-state index in [-0.39, 0.29) is 34.9 Å². The monoisotopic (exact) mass is 1120 g/mol. The van der Waals surface area contributed by atoms with Crippen LogP contribution in [0, 0.1) is 13.8 Å². The van der Waals surface area contributed by atoms with E-state index >= 15 is 0 Å². The maximum atomic E-state index is 13.2. The number of pyridine rings is 2. The van der Waals surface area contributed by atoms with Gasteiger partial charge >= 0.3 is 18.3 Å². The molecular weight excluding hydrogens is 1070 g/mol. The number of hydrogen-bond acceptors (Lipinski definition) is 7. The van der Waals surface area contributed by atoms with Crippen LogP contribution < -0.4 is 21.7 Å². The minimum atomic E-state index is -4.44. The molecule has 2 aromatic heterocycles. The summed E-state index contributed by atoms with van der Waals surface area (Å²) in [7, 11) is 0. The van der Waals surface area contributed by atoms with E-state index in [0.717, 1.165) is 40.8 Å². The Morgan fingerprint density at radius 3 is 1.28 bits per heavy atom. The maximum absolute atomic E-state index is 13.2. The van der Waals surface area contributed by atoms with E-state index in [9.17, 15) is 45.5 Å². The Labute approximate surface area is 473 Å². The lowest BCUT2D eigenvalue weighted by Gasteiger charge is -2.15. The number of anilines is 2. The van der Waals surface area contributed by atoms with Gasteiger partial charge in [-0.2, -0.15) is 26.3 Å². The summed E-state index contributed by atoms with van der Waals surface area (Å²) in [4.78, 5) is 58.9. The van der Waals surface area contributed by atoms with Crippen LogP contribution in [0.3, 0.4) is 0 Å². The lowest BCUT2D eigenvalue weighted by atomic mass is 9.98. The van der Waals surface area contributed by atoms with Crippen LogP contribution in [0.5, 0.6) is 0 Å². The molecule has 0 saturated carbocycles. The number of benzene rings is 8. The molecule has 11 nitrogen and oxygen atoms in total. The van der Waals surface area contributed by atoms with Crippen LogP contribution in [0.15, 0.2) is 206 Å². The number of aryl methyl sites for hydroxylation is 2. The van der Waals surface area contributed by atoms with E-state index in [0.29, 0.717) is 55.6 Å². The van der Waals surface area contributed by atoms with E-state index in [4.69, 9.17) is 10.8 Å². The van der Waals surface area contributed by atoms with Crippen molar-refractivity contribution in [3.8, 4) is 22.3 Å². The number of amides is 3. The van der Waals surface area contributed by atoms with Gasteiger partial charge in [0.05, 0.1) is 33.8 Å². The number of hydrogen-bond donors (Lipinski definition) is 5. The molecule has 2 heterocycles. The fourth-order valence-corrected chi connectivity index (χ4v) is 8.66. The fraction of sp³-hybridized carbons (Fsp3) is 0.121. The summed E-state index contributed by atoms with van der Waals surface area (Å²) in [5, 5.41) is 18.9. The number of carboxylic acid groups (broad SMARTS) is 1. The zero-order valence-electron chi connectivity index (χ0n) is 45.1. The number of carbonyl (C=O) groups excluding carboxylic acids is 3. The fourth-order valence-electron chi connectivity index (χ4n) is 8.66. The first kappa shape index (κ1) is 59.1. The SMILES string of the molecule is Cc1ccc([C@@H](C)N)cc1.Cc1ccc([C@@H](C)NC(=O)c2ccc3nc(NC(=O)c4ccccc4-c4ccc(C(F)(F)F)cc4)ccc3c2)cc1.O=C(O)c1ccc2nc(NC(=O)c3ccccc3-c3ccc(C(F)(F)F)cc3)ccc2c1. The number of halogens is 6. The number of aromatic carboxylic acids is 1. The average Bonchev–Trinajstić information content (AvgIpc) is 3.68. The second-order valence-corrected chi connectivity index (χ2v) is 19.5. The molecule has 10 rings (SSSR count). The molecule has 0 bridgehead atoms. The van der Waals surface area contributed by atoms with Crippen molar-refractivity contribution in [3.05, 3.63) is 262 Å². The van der Waals surface area contributed by atoms with Crippen molar-refractivity contribution in [2.75, 3.05) is 10.6 Å². The molecule has 3 amide bonds. The van der Waals surface area contributed by atoms with E-state index in [1.807, 2.05) is 45.0 Å². The second-order valence-electron chi connectivity index (χ2n) is 19.5. The first-order chi connectivity index (χ1) is 39.5. The van der Waals surface area contributed by atoms with Gasteiger partial charge in [0.15, 0.2) is 0 Å². The van der Waals surface area contributed by atoms with Crippen molar-refractivity contribution in [1.29, 1.82) is 0 Å². The molecule has 6 N–H and O–H groups in total. The first-order valence-corrected chi connectivity index (χ1v) is 25.9. The summed E-state index contributed by atoms with van der Waals surface area (Å²) in [5.41, 5.74) is 13.0. The number of carboxylic acids is 1. The summed E-state index contributed by atoms with van der Waals surface area (Å²) in [6.45, 7) is 8.00. The molecule has 17 heteroatoms. The summed E-state index contributed by atoms with van der Waals surface area (Å²) >= 11 is 0. The highest BCUT2D eigenvalue weighted by molar-refractivity contribution is 6.10. The molecule has 2 atom stereocenters. The summed E-state index contributed by atoms with van der Waals surface area (Å²) < 4.78 is 77.5. The van der Waals surface area contributed by atoms with Crippen LogP contribution in [0.2, 0.25) is 0 Å². The predicted molar refractivity (Wildman–Crippen MR) is 311 cm³/mol. The van der Waals surface area contributed by atoms with Crippen molar-refractivity contribution in [2.45, 2.75) is 52.1 Å². The number of fused-ring (bicyclic) bond motifs is 2. The Morgan fingerprint density at radius 1 is 0.470 bits per heavy atom. The van der Waals surface area contributed by atoms with Crippen LogP contribution in [-0.4, -0.2) is 38.8 Å². The lowest BCUT2D eigenvalue weighted by Crippen LogP contribution is -2.26. The van der Waals surface area contributed by atoms with Crippen LogP contribution in [0.25, 0.3) is 44.1 Å². The number of nitrogens with one attached hydrogen (secondary N) is 3. The van der Waals surface area contributed by atoms with Crippen LogP contribution >= 0.6 is 0 Å².